The average molecular weight is 378 g/mol. The lowest BCUT2D eigenvalue weighted by atomic mass is 10.1. The van der Waals surface area contributed by atoms with Crippen LogP contribution >= 0.6 is 34.8 Å². The van der Waals surface area contributed by atoms with Gasteiger partial charge in [-0.25, -0.2) is 4.39 Å². The van der Waals surface area contributed by atoms with Crippen molar-refractivity contribution in [2.45, 2.75) is 18.9 Å². The van der Waals surface area contributed by atoms with Crippen molar-refractivity contribution in [3.63, 3.8) is 0 Å². The molecule has 2 rings (SSSR count). The molecule has 96 valence electrons. The number of hydrogen-bond acceptors (Lipinski definition) is 2. The lowest BCUT2D eigenvalue weighted by Gasteiger charge is -2.17. The highest BCUT2D eigenvalue weighted by Crippen LogP contribution is 2.33. The number of hydrogen-bond donors (Lipinski definition) is 2. The largest absolute Gasteiger partial charge is 0.392 e. The molecule has 0 saturated heterocycles. The number of halogens is 2. The topological polar surface area (TPSA) is 55.1 Å². The third kappa shape index (κ3) is 3.17. The molecule has 1 aliphatic carbocycles. The van der Waals surface area contributed by atoms with Crippen molar-refractivity contribution in [1.82, 2.24) is 5.32 Å². The van der Waals surface area contributed by atoms with Gasteiger partial charge in [0.1, 0.15) is 5.82 Å². The van der Waals surface area contributed by atoms with E-state index >= 15 is 0 Å². The van der Waals surface area contributed by atoms with Crippen molar-refractivity contribution in [3.05, 3.63) is 33.1 Å². The van der Waals surface area contributed by atoms with Crippen LogP contribution in [0.15, 0.2) is 18.2 Å². The van der Waals surface area contributed by atoms with E-state index in [1.807, 2.05) is 22.6 Å². The van der Waals surface area contributed by atoms with Crippen LogP contribution in [0.2, 0.25) is 0 Å². The number of carbonyl (C=O) groups is 1. The zero-order valence-electron chi connectivity index (χ0n) is 9.45. The highest BCUT2D eigenvalue weighted by atomic mass is 127. The molecular weight excluding hydrogens is 366 g/mol. The van der Waals surface area contributed by atoms with E-state index < -0.39 is 0 Å². The molecular formula is C12H12FIN2OS. The molecule has 1 saturated carbocycles. The van der Waals surface area contributed by atoms with Gasteiger partial charge >= 0.3 is 0 Å². The molecule has 1 aromatic carbocycles. The maximum absolute atomic E-state index is 13.0. The molecule has 0 heterocycles. The lowest BCUT2D eigenvalue weighted by Crippen LogP contribution is -2.45. The van der Waals surface area contributed by atoms with Gasteiger partial charge in [-0.05, 0) is 59.5 Å². The van der Waals surface area contributed by atoms with Crippen LogP contribution in [-0.2, 0) is 0 Å². The monoisotopic (exact) mass is 378 g/mol. The molecule has 0 spiro atoms. The first-order valence-electron chi connectivity index (χ1n) is 5.54. The van der Waals surface area contributed by atoms with Crippen molar-refractivity contribution in [3.8, 4) is 0 Å². The summed E-state index contributed by atoms with van der Waals surface area (Å²) in [6, 6.07) is 3.80. The van der Waals surface area contributed by atoms with Gasteiger partial charge in [-0.2, -0.15) is 0 Å². The predicted octanol–water partition coefficient (Wildman–Crippen LogP) is 2.22. The first-order valence-corrected chi connectivity index (χ1v) is 7.03. The van der Waals surface area contributed by atoms with Crippen LogP contribution in [0.5, 0.6) is 0 Å². The maximum Gasteiger partial charge on any atom is 0.252 e. The van der Waals surface area contributed by atoms with Gasteiger partial charge in [0.25, 0.3) is 5.91 Å². The Morgan fingerprint density at radius 1 is 1.56 bits per heavy atom. The second-order valence-corrected chi connectivity index (χ2v) is 5.95. The molecule has 1 atom stereocenters. The van der Waals surface area contributed by atoms with Gasteiger partial charge in [0.2, 0.25) is 0 Å². The molecule has 6 heteroatoms. The van der Waals surface area contributed by atoms with Gasteiger partial charge in [-0.3, -0.25) is 4.79 Å². The maximum atomic E-state index is 13.0. The minimum Gasteiger partial charge on any atom is -0.392 e. The van der Waals surface area contributed by atoms with E-state index in [1.165, 1.54) is 18.2 Å². The molecule has 3 N–H and O–H groups in total. The Labute approximate surface area is 123 Å². The van der Waals surface area contributed by atoms with Crippen molar-refractivity contribution < 1.29 is 9.18 Å². The SMILES string of the molecule is NC(=S)C(NC(=O)c1ccc(F)cc1I)C1CC1. The van der Waals surface area contributed by atoms with Crippen LogP contribution in [0.1, 0.15) is 23.2 Å². The number of benzene rings is 1. The van der Waals surface area contributed by atoms with E-state index in [4.69, 9.17) is 18.0 Å². The second kappa shape index (κ2) is 5.48. The third-order valence-corrected chi connectivity index (χ3v) is 4.01. The lowest BCUT2D eigenvalue weighted by molar-refractivity contribution is 0.0943. The van der Waals surface area contributed by atoms with E-state index in [0.717, 1.165) is 12.8 Å². The quantitative estimate of drug-likeness (QED) is 0.624. The molecule has 0 aromatic heterocycles. The Kier molecular flexibility index (Phi) is 4.16. The summed E-state index contributed by atoms with van der Waals surface area (Å²) in [5, 5.41) is 2.82. The van der Waals surface area contributed by atoms with Crippen LogP contribution in [0, 0.1) is 15.3 Å². The Hall–Kier alpha value is -0.760. The number of nitrogens with two attached hydrogens (primary N) is 1. The third-order valence-electron chi connectivity index (χ3n) is 2.86. The first-order chi connectivity index (χ1) is 8.49. The Bertz CT molecular complexity index is 505. The first kappa shape index (κ1) is 13.7. The van der Waals surface area contributed by atoms with Crippen molar-refractivity contribution >= 4 is 45.7 Å². The van der Waals surface area contributed by atoms with Crippen LogP contribution < -0.4 is 11.1 Å². The molecule has 0 bridgehead atoms. The van der Waals surface area contributed by atoms with Gasteiger partial charge in [0.15, 0.2) is 0 Å². The van der Waals surface area contributed by atoms with Crippen LogP contribution in [-0.4, -0.2) is 16.9 Å². The summed E-state index contributed by atoms with van der Waals surface area (Å²) >= 11 is 6.89. The summed E-state index contributed by atoms with van der Waals surface area (Å²) in [4.78, 5) is 12.4. The molecule has 1 amide bonds. The van der Waals surface area contributed by atoms with Crippen LogP contribution in [0.25, 0.3) is 0 Å². The summed E-state index contributed by atoms with van der Waals surface area (Å²) in [5.41, 5.74) is 6.06. The number of carbonyl (C=O) groups excluding carboxylic acids is 1. The van der Waals surface area contributed by atoms with Crippen molar-refractivity contribution in [2.24, 2.45) is 11.7 Å². The van der Waals surface area contributed by atoms with E-state index in [1.54, 1.807) is 0 Å². The molecule has 1 aliphatic rings. The van der Waals surface area contributed by atoms with Gasteiger partial charge in [-0.1, -0.05) is 12.2 Å². The fourth-order valence-electron chi connectivity index (χ4n) is 1.74. The molecule has 1 aromatic rings. The van der Waals surface area contributed by atoms with E-state index in [-0.39, 0.29) is 17.8 Å². The highest BCUT2D eigenvalue weighted by Gasteiger charge is 2.34. The molecule has 18 heavy (non-hydrogen) atoms. The Morgan fingerprint density at radius 2 is 2.22 bits per heavy atom. The molecule has 1 unspecified atom stereocenters. The molecule has 1 fully saturated rings. The summed E-state index contributed by atoms with van der Waals surface area (Å²) in [5.74, 6) is -0.266. The fourth-order valence-corrected chi connectivity index (χ4v) is 2.72. The van der Waals surface area contributed by atoms with Crippen molar-refractivity contribution in [2.75, 3.05) is 0 Å². The predicted molar refractivity (Wildman–Crippen MR) is 79.9 cm³/mol. The van der Waals surface area contributed by atoms with Gasteiger partial charge in [0.05, 0.1) is 16.6 Å². The average Bonchev–Trinajstić information content (AvgIpc) is 3.08. The van der Waals surface area contributed by atoms with Gasteiger partial charge < -0.3 is 11.1 Å². The highest BCUT2D eigenvalue weighted by molar-refractivity contribution is 14.1. The summed E-state index contributed by atoms with van der Waals surface area (Å²) in [7, 11) is 0. The number of thiocarbonyl (C=S) groups is 1. The molecule has 0 radical (unpaired) electrons. The fraction of sp³-hybridized carbons (Fsp3) is 0.333. The summed E-state index contributed by atoms with van der Waals surface area (Å²) in [6.45, 7) is 0. The van der Waals surface area contributed by atoms with E-state index in [9.17, 15) is 9.18 Å². The standard InChI is InChI=1S/C12H12FIN2OS/c13-7-3-4-8(9(14)5-7)12(17)16-10(11(15)18)6-1-2-6/h3-6,10H,1-2H2,(H2,15,18)(H,16,17). The summed E-state index contributed by atoms with van der Waals surface area (Å²) < 4.78 is 13.5. The van der Waals surface area contributed by atoms with Crippen LogP contribution in [0.4, 0.5) is 4.39 Å². The van der Waals surface area contributed by atoms with E-state index in [0.29, 0.717) is 20.0 Å². The minimum absolute atomic E-state index is 0.256. The normalized spacial score (nSPS) is 16.1. The molecule has 3 nitrogen and oxygen atoms in total. The van der Waals surface area contributed by atoms with Gasteiger partial charge in [-0.15, -0.1) is 0 Å². The zero-order valence-corrected chi connectivity index (χ0v) is 12.4. The number of rotatable bonds is 4. The van der Waals surface area contributed by atoms with Gasteiger partial charge in [0, 0.05) is 3.57 Å². The number of nitrogens with one attached hydrogen (secondary N) is 1. The number of amides is 1. The zero-order chi connectivity index (χ0) is 13.3. The smallest absolute Gasteiger partial charge is 0.252 e. The van der Waals surface area contributed by atoms with Crippen LogP contribution in [0.3, 0.4) is 0 Å². The van der Waals surface area contributed by atoms with E-state index in [2.05, 4.69) is 5.32 Å². The Balaban J connectivity index is 2.13. The van der Waals surface area contributed by atoms with Crippen molar-refractivity contribution in [1.29, 1.82) is 0 Å². The molecule has 0 aliphatic heterocycles. The minimum atomic E-state index is -0.357. The summed E-state index contributed by atoms with van der Waals surface area (Å²) in [6.07, 6.45) is 2.06. The Morgan fingerprint density at radius 3 is 2.72 bits per heavy atom. The second-order valence-electron chi connectivity index (χ2n) is 4.32.